The summed E-state index contributed by atoms with van der Waals surface area (Å²) in [7, 11) is 0. The van der Waals surface area contributed by atoms with Crippen molar-refractivity contribution in [2.75, 3.05) is 13.1 Å². The summed E-state index contributed by atoms with van der Waals surface area (Å²) in [6, 6.07) is 6.19. The molecule has 5 nitrogen and oxygen atoms in total. The van der Waals surface area contributed by atoms with Crippen molar-refractivity contribution < 1.29 is 14.3 Å². The first-order valence-corrected chi connectivity index (χ1v) is 10.2. The molecule has 0 radical (unpaired) electrons. The number of rotatable bonds is 0. The van der Waals surface area contributed by atoms with E-state index in [1.165, 1.54) is 11.1 Å². The molecule has 0 bridgehead atoms. The number of likely N-dealkylation sites (tertiary alicyclic amines) is 1. The Hall–Kier alpha value is -1.77. The van der Waals surface area contributed by atoms with E-state index in [1.807, 2.05) is 53.7 Å². The average molecular weight is 407 g/mol. The fourth-order valence-corrected chi connectivity index (χ4v) is 3.53. The van der Waals surface area contributed by atoms with Gasteiger partial charge in [0.1, 0.15) is 5.60 Å². The van der Waals surface area contributed by atoms with Crippen molar-refractivity contribution in [1.82, 2.24) is 4.90 Å². The number of piperidine rings is 1. The molecule has 6 heteroatoms. The number of fused-ring (bicyclic) bond motifs is 2. The number of aryl methyl sites for hydroxylation is 1. The van der Waals surface area contributed by atoms with Crippen molar-refractivity contribution in [3.8, 4) is 6.07 Å². The SMILES string of the molecule is CC(C)C#N.Cc1cc2c(cc1Cl)C1(CCN(C(=O)OC(C)(C)C)CC1)OC2. The van der Waals surface area contributed by atoms with Crippen LogP contribution in [-0.4, -0.2) is 29.7 Å². The lowest BCUT2D eigenvalue weighted by molar-refractivity contribution is -0.0797. The number of nitriles is 1. The summed E-state index contributed by atoms with van der Waals surface area (Å²) in [6.45, 7) is 13.3. The molecule has 0 atom stereocenters. The highest BCUT2D eigenvalue weighted by atomic mass is 35.5. The molecule has 0 N–H and O–H groups in total. The highest BCUT2D eigenvalue weighted by Crippen LogP contribution is 2.45. The molecule has 0 aliphatic carbocycles. The van der Waals surface area contributed by atoms with E-state index >= 15 is 0 Å². The van der Waals surface area contributed by atoms with Crippen LogP contribution in [0.15, 0.2) is 12.1 Å². The molecule has 154 valence electrons. The maximum Gasteiger partial charge on any atom is 0.410 e. The molecule has 1 aromatic carbocycles. The summed E-state index contributed by atoms with van der Waals surface area (Å²) < 4.78 is 11.6. The monoisotopic (exact) mass is 406 g/mol. The van der Waals surface area contributed by atoms with Gasteiger partial charge in [0.15, 0.2) is 0 Å². The Labute approximate surface area is 173 Å². The van der Waals surface area contributed by atoms with Crippen LogP contribution in [0.2, 0.25) is 5.02 Å². The summed E-state index contributed by atoms with van der Waals surface area (Å²) in [5, 5.41) is 8.67. The van der Waals surface area contributed by atoms with Crippen molar-refractivity contribution >= 4 is 17.7 Å². The number of amides is 1. The molecule has 28 heavy (non-hydrogen) atoms. The maximum atomic E-state index is 12.2. The fourth-order valence-electron chi connectivity index (χ4n) is 3.37. The number of halogens is 1. The molecule has 2 aliphatic heterocycles. The van der Waals surface area contributed by atoms with E-state index in [4.69, 9.17) is 26.3 Å². The molecular formula is C22H31ClN2O3. The Balaban J connectivity index is 0.000000500. The van der Waals surface area contributed by atoms with Crippen LogP contribution in [0.5, 0.6) is 0 Å². The van der Waals surface area contributed by atoms with Crippen molar-refractivity contribution in [2.45, 2.75) is 72.2 Å². The van der Waals surface area contributed by atoms with Crippen LogP contribution >= 0.6 is 11.6 Å². The van der Waals surface area contributed by atoms with Crippen LogP contribution in [0.25, 0.3) is 0 Å². The zero-order valence-electron chi connectivity index (χ0n) is 17.8. The van der Waals surface area contributed by atoms with Gasteiger partial charge in [0.05, 0.1) is 18.3 Å². The van der Waals surface area contributed by atoms with Gasteiger partial charge in [-0.3, -0.25) is 0 Å². The molecule has 2 aliphatic rings. The quantitative estimate of drug-likeness (QED) is 0.564. The molecule has 0 unspecified atom stereocenters. The summed E-state index contributed by atoms with van der Waals surface area (Å²) in [5.41, 5.74) is 2.73. The molecule has 1 saturated heterocycles. The predicted octanol–water partition coefficient (Wildman–Crippen LogP) is 5.57. The number of hydrogen-bond acceptors (Lipinski definition) is 4. The lowest BCUT2D eigenvalue weighted by atomic mass is 9.83. The Kier molecular flexibility index (Phi) is 7.01. The molecule has 1 amide bonds. The summed E-state index contributed by atoms with van der Waals surface area (Å²) in [5.74, 6) is 0.190. The Morgan fingerprint density at radius 1 is 1.32 bits per heavy atom. The van der Waals surface area contributed by atoms with Gasteiger partial charge < -0.3 is 14.4 Å². The zero-order chi connectivity index (χ0) is 21.1. The van der Waals surface area contributed by atoms with Crippen LogP contribution in [0.4, 0.5) is 4.79 Å². The van der Waals surface area contributed by atoms with Gasteiger partial charge in [-0.2, -0.15) is 5.26 Å². The van der Waals surface area contributed by atoms with Crippen LogP contribution in [0.1, 0.15) is 64.2 Å². The maximum absolute atomic E-state index is 12.2. The second-order valence-corrected chi connectivity index (χ2v) is 9.20. The molecule has 2 heterocycles. The van der Waals surface area contributed by atoms with Gasteiger partial charge >= 0.3 is 6.09 Å². The van der Waals surface area contributed by atoms with E-state index in [-0.39, 0.29) is 17.6 Å². The molecule has 0 aromatic heterocycles. The van der Waals surface area contributed by atoms with Crippen LogP contribution in [-0.2, 0) is 21.7 Å². The first kappa shape index (κ1) is 22.5. The molecule has 3 rings (SSSR count). The minimum atomic E-state index is -0.465. The second-order valence-electron chi connectivity index (χ2n) is 8.79. The fraction of sp³-hybridized carbons (Fsp3) is 0.636. The van der Waals surface area contributed by atoms with Crippen LogP contribution < -0.4 is 0 Å². The van der Waals surface area contributed by atoms with Gasteiger partial charge in [0, 0.05) is 24.0 Å². The molecule has 1 spiro atoms. The van der Waals surface area contributed by atoms with E-state index in [9.17, 15) is 4.79 Å². The van der Waals surface area contributed by atoms with E-state index < -0.39 is 5.60 Å². The Bertz CT molecular complexity index is 754. The predicted molar refractivity (Wildman–Crippen MR) is 110 cm³/mol. The van der Waals surface area contributed by atoms with E-state index in [2.05, 4.69) is 6.07 Å². The third-order valence-corrected chi connectivity index (χ3v) is 5.27. The van der Waals surface area contributed by atoms with Crippen molar-refractivity contribution in [3.63, 3.8) is 0 Å². The largest absolute Gasteiger partial charge is 0.444 e. The summed E-state index contributed by atoms with van der Waals surface area (Å²) in [6.07, 6.45) is 1.31. The second kappa shape index (κ2) is 8.71. The Morgan fingerprint density at radius 2 is 1.89 bits per heavy atom. The highest BCUT2D eigenvalue weighted by Gasteiger charge is 2.44. The smallest absolute Gasteiger partial charge is 0.410 e. The van der Waals surface area contributed by atoms with Gasteiger partial charge in [0.25, 0.3) is 0 Å². The van der Waals surface area contributed by atoms with Gasteiger partial charge in [-0.25, -0.2) is 4.79 Å². The number of ether oxygens (including phenoxy) is 2. The number of benzene rings is 1. The lowest BCUT2D eigenvalue weighted by Crippen LogP contribution is -2.46. The Morgan fingerprint density at radius 3 is 2.39 bits per heavy atom. The van der Waals surface area contributed by atoms with E-state index in [0.29, 0.717) is 19.7 Å². The minimum Gasteiger partial charge on any atom is -0.444 e. The topological polar surface area (TPSA) is 62.6 Å². The number of carbonyl (C=O) groups excluding carboxylic acids is 1. The number of hydrogen-bond donors (Lipinski definition) is 0. The first-order chi connectivity index (χ1) is 13.0. The molecular weight excluding hydrogens is 376 g/mol. The third-order valence-electron chi connectivity index (χ3n) is 4.86. The van der Waals surface area contributed by atoms with Gasteiger partial charge in [-0.05, 0) is 77.1 Å². The summed E-state index contributed by atoms with van der Waals surface area (Å²) >= 11 is 6.31. The molecule has 1 fully saturated rings. The first-order valence-electron chi connectivity index (χ1n) is 9.78. The van der Waals surface area contributed by atoms with Gasteiger partial charge in [-0.15, -0.1) is 0 Å². The average Bonchev–Trinajstić information content (AvgIpc) is 2.92. The standard InChI is InChI=1S/C18H24ClNO3.C4H7N/c1-12-9-13-11-22-18(14(13)10-15(12)19)5-7-20(8-6-18)16(21)23-17(2,3)4;1-4(2)3-5/h9-10H,5-8,11H2,1-4H3;4H,1-2H3. The van der Waals surface area contributed by atoms with Crippen LogP contribution in [0.3, 0.4) is 0 Å². The van der Waals surface area contributed by atoms with Crippen LogP contribution in [0, 0.1) is 24.2 Å². The third kappa shape index (κ3) is 5.40. The zero-order valence-corrected chi connectivity index (χ0v) is 18.5. The lowest BCUT2D eigenvalue weighted by Gasteiger charge is -2.39. The molecule has 0 saturated carbocycles. The normalized spacial score (nSPS) is 17.6. The minimum absolute atomic E-state index is 0.190. The van der Waals surface area contributed by atoms with Gasteiger partial charge in [0.2, 0.25) is 0 Å². The van der Waals surface area contributed by atoms with Crippen molar-refractivity contribution in [1.29, 1.82) is 5.26 Å². The van der Waals surface area contributed by atoms with E-state index in [1.54, 1.807) is 4.90 Å². The number of nitrogens with zero attached hydrogens (tertiary/aromatic N) is 2. The van der Waals surface area contributed by atoms with Gasteiger partial charge in [-0.1, -0.05) is 17.7 Å². The van der Waals surface area contributed by atoms with E-state index in [0.717, 1.165) is 23.4 Å². The summed E-state index contributed by atoms with van der Waals surface area (Å²) in [4.78, 5) is 14.0. The highest BCUT2D eigenvalue weighted by molar-refractivity contribution is 6.31. The number of carbonyl (C=O) groups is 1. The molecule has 1 aromatic rings. The van der Waals surface area contributed by atoms with Crippen molar-refractivity contribution in [2.24, 2.45) is 5.92 Å². The van der Waals surface area contributed by atoms with Crippen molar-refractivity contribution in [3.05, 3.63) is 33.8 Å².